The lowest BCUT2D eigenvalue weighted by molar-refractivity contribution is -0.143. The summed E-state index contributed by atoms with van der Waals surface area (Å²) in [6, 6.07) is 7.81. The number of carbonyl (C=O) groups is 2. The Bertz CT molecular complexity index is 646. The number of carbonyl (C=O) groups excluding carboxylic acids is 2. The Labute approximate surface area is 191 Å². The van der Waals surface area contributed by atoms with Gasteiger partial charge in [0, 0.05) is 37.8 Å². The SMILES string of the molecule is CCOC(=O)CCOc1ccc(C(=O)N2CCN(C3CCNCC3)CC2)cc1.Cl.Cl. The van der Waals surface area contributed by atoms with Crippen LogP contribution in [0.3, 0.4) is 0 Å². The van der Waals surface area contributed by atoms with Gasteiger partial charge in [-0.3, -0.25) is 14.5 Å². The van der Waals surface area contributed by atoms with Crippen molar-refractivity contribution < 1.29 is 19.1 Å². The Hall–Kier alpha value is -1.54. The highest BCUT2D eigenvalue weighted by Crippen LogP contribution is 2.18. The van der Waals surface area contributed by atoms with E-state index in [-0.39, 0.29) is 49.7 Å². The molecule has 30 heavy (non-hydrogen) atoms. The summed E-state index contributed by atoms with van der Waals surface area (Å²) < 4.78 is 10.4. The standard InChI is InChI=1S/C21H31N3O4.2ClH/c1-2-27-20(25)9-16-28-19-5-3-17(4-6-19)21(26)24-14-12-23(13-15-24)18-7-10-22-11-8-18;;/h3-6,18,22H,2,7-16H2,1H3;2*1H. The molecule has 7 nitrogen and oxygen atoms in total. The third-order valence-corrected chi connectivity index (χ3v) is 5.41. The summed E-state index contributed by atoms with van der Waals surface area (Å²) >= 11 is 0. The summed E-state index contributed by atoms with van der Waals surface area (Å²) in [7, 11) is 0. The van der Waals surface area contributed by atoms with Crippen LogP contribution in [0.5, 0.6) is 5.75 Å². The van der Waals surface area contributed by atoms with Crippen molar-refractivity contribution in [2.45, 2.75) is 32.2 Å². The van der Waals surface area contributed by atoms with Crippen LogP contribution in [0.15, 0.2) is 24.3 Å². The number of halogens is 2. The van der Waals surface area contributed by atoms with E-state index >= 15 is 0 Å². The van der Waals surface area contributed by atoms with Gasteiger partial charge in [0.05, 0.1) is 19.6 Å². The van der Waals surface area contributed by atoms with Crippen molar-refractivity contribution in [3.63, 3.8) is 0 Å². The molecular weight excluding hydrogens is 429 g/mol. The van der Waals surface area contributed by atoms with Crippen LogP contribution in [0.25, 0.3) is 0 Å². The molecule has 0 saturated carbocycles. The van der Waals surface area contributed by atoms with Gasteiger partial charge in [-0.1, -0.05) is 0 Å². The maximum absolute atomic E-state index is 12.8. The van der Waals surface area contributed by atoms with Gasteiger partial charge in [-0.05, 0) is 57.1 Å². The molecule has 1 amide bonds. The number of amides is 1. The Morgan fingerprint density at radius 2 is 1.67 bits per heavy atom. The van der Waals surface area contributed by atoms with Gasteiger partial charge in [0.2, 0.25) is 0 Å². The number of ether oxygens (including phenoxy) is 2. The predicted octanol–water partition coefficient (Wildman–Crippen LogP) is 2.37. The van der Waals surface area contributed by atoms with Crippen LogP contribution in [-0.2, 0) is 9.53 Å². The lowest BCUT2D eigenvalue weighted by Gasteiger charge is -2.40. The smallest absolute Gasteiger partial charge is 0.309 e. The van der Waals surface area contributed by atoms with Crippen LogP contribution >= 0.6 is 24.8 Å². The third-order valence-electron chi connectivity index (χ3n) is 5.41. The Kier molecular flexibility index (Phi) is 12.1. The van der Waals surface area contributed by atoms with Gasteiger partial charge in [-0.2, -0.15) is 0 Å². The second kappa shape index (κ2) is 13.7. The van der Waals surface area contributed by atoms with Crippen LogP contribution < -0.4 is 10.1 Å². The second-order valence-electron chi connectivity index (χ2n) is 7.24. The molecule has 1 aromatic rings. The van der Waals surface area contributed by atoms with Gasteiger partial charge in [0.25, 0.3) is 5.91 Å². The van der Waals surface area contributed by atoms with E-state index in [4.69, 9.17) is 9.47 Å². The summed E-state index contributed by atoms with van der Waals surface area (Å²) in [4.78, 5) is 28.6. The second-order valence-corrected chi connectivity index (χ2v) is 7.24. The van der Waals surface area contributed by atoms with Crippen molar-refractivity contribution in [3.8, 4) is 5.75 Å². The van der Waals surface area contributed by atoms with E-state index in [1.165, 1.54) is 12.8 Å². The largest absolute Gasteiger partial charge is 0.493 e. The normalized spacial score (nSPS) is 17.4. The number of hydrogen-bond acceptors (Lipinski definition) is 6. The lowest BCUT2D eigenvalue weighted by atomic mass is 10.0. The summed E-state index contributed by atoms with van der Waals surface area (Å²) in [6.07, 6.45) is 2.62. The number of rotatable bonds is 7. The minimum atomic E-state index is -0.266. The minimum Gasteiger partial charge on any atom is -0.493 e. The first-order valence-corrected chi connectivity index (χ1v) is 10.3. The average Bonchev–Trinajstić information content (AvgIpc) is 2.75. The zero-order chi connectivity index (χ0) is 19.8. The molecule has 9 heteroatoms. The highest BCUT2D eigenvalue weighted by atomic mass is 35.5. The summed E-state index contributed by atoms with van der Waals surface area (Å²) in [5.74, 6) is 0.456. The van der Waals surface area contributed by atoms with Gasteiger partial charge in [-0.15, -0.1) is 24.8 Å². The number of piperazine rings is 1. The van der Waals surface area contributed by atoms with Crippen molar-refractivity contribution in [1.82, 2.24) is 15.1 Å². The fourth-order valence-electron chi connectivity index (χ4n) is 3.82. The van der Waals surface area contributed by atoms with Gasteiger partial charge >= 0.3 is 5.97 Å². The molecule has 0 radical (unpaired) electrons. The molecule has 0 atom stereocenters. The molecule has 2 fully saturated rings. The topological polar surface area (TPSA) is 71.1 Å². The average molecular weight is 462 g/mol. The maximum atomic E-state index is 12.8. The molecular formula is C21H33Cl2N3O4. The quantitative estimate of drug-likeness (QED) is 0.628. The molecule has 0 spiro atoms. The third kappa shape index (κ3) is 7.61. The van der Waals surface area contributed by atoms with Crippen LogP contribution in [0, 0.1) is 0 Å². The van der Waals surface area contributed by atoms with E-state index in [9.17, 15) is 9.59 Å². The molecule has 0 aromatic heterocycles. The van der Waals surface area contributed by atoms with Crippen LogP contribution in [0.4, 0.5) is 0 Å². The Morgan fingerprint density at radius 3 is 2.27 bits per heavy atom. The number of esters is 1. The molecule has 3 rings (SSSR count). The molecule has 1 aromatic carbocycles. The van der Waals surface area contributed by atoms with Crippen molar-refractivity contribution in [1.29, 1.82) is 0 Å². The highest BCUT2D eigenvalue weighted by Gasteiger charge is 2.27. The Balaban J connectivity index is 0.00000225. The van der Waals surface area contributed by atoms with Crippen molar-refractivity contribution in [2.24, 2.45) is 0 Å². The van der Waals surface area contributed by atoms with E-state index in [1.54, 1.807) is 31.2 Å². The van der Waals surface area contributed by atoms with Gasteiger partial charge in [-0.25, -0.2) is 0 Å². The van der Waals surface area contributed by atoms with Gasteiger partial charge in [0.1, 0.15) is 5.75 Å². The molecule has 0 bridgehead atoms. The van der Waals surface area contributed by atoms with Crippen LogP contribution in [0.1, 0.15) is 36.5 Å². The fourth-order valence-corrected chi connectivity index (χ4v) is 3.82. The lowest BCUT2D eigenvalue weighted by Crippen LogP contribution is -2.53. The highest BCUT2D eigenvalue weighted by molar-refractivity contribution is 5.94. The number of nitrogens with zero attached hydrogens (tertiary/aromatic N) is 2. The molecule has 2 aliphatic heterocycles. The van der Waals surface area contributed by atoms with Crippen molar-refractivity contribution in [3.05, 3.63) is 29.8 Å². The van der Waals surface area contributed by atoms with E-state index < -0.39 is 0 Å². The zero-order valence-corrected chi connectivity index (χ0v) is 19.1. The first-order valence-electron chi connectivity index (χ1n) is 10.3. The van der Waals surface area contributed by atoms with Gasteiger partial charge < -0.3 is 19.7 Å². The number of benzene rings is 1. The molecule has 1 N–H and O–H groups in total. The van der Waals surface area contributed by atoms with Crippen LogP contribution in [0.2, 0.25) is 0 Å². The first-order chi connectivity index (χ1) is 13.7. The van der Waals surface area contributed by atoms with E-state index in [0.717, 1.165) is 39.3 Å². The van der Waals surface area contributed by atoms with E-state index in [2.05, 4.69) is 10.2 Å². The summed E-state index contributed by atoms with van der Waals surface area (Å²) in [5, 5.41) is 3.41. The molecule has 0 unspecified atom stereocenters. The van der Waals surface area contributed by atoms with E-state index in [0.29, 0.717) is 24.0 Å². The number of hydrogen-bond donors (Lipinski definition) is 1. The number of nitrogens with one attached hydrogen (secondary N) is 1. The monoisotopic (exact) mass is 461 g/mol. The predicted molar refractivity (Wildman–Crippen MR) is 121 cm³/mol. The van der Waals surface area contributed by atoms with Crippen molar-refractivity contribution >= 4 is 36.7 Å². The maximum Gasteiger partial charge on any atom is 0.309 e. The molecule has 2 heterocycles. The summed E-state index contributed by atoms with van der Waals surface area (Å²) in [5.41, 5.74) is 0.674. The minimum absolute atomic E-state index is 0. The molecule has 170 valence electrons. The number of piperidine rings is 1. The molecule has 0 aliphatic carbocycles. The molecule has 2 saturated heterocycles. The van der Waals surface area contributed by atoms with E-state index in [1.807, 2.05) is 4.90 Å². The van der Waals surface area contributed by atoms with Crippen molar-refractivity contribution in [2.75, 3.05) is 52.5 Å². The fraction of sp³-hybridized carbons (Fsp3) is 0.619. The Morgan fingerprint density at radius 1 is 1.03 bits per heavy atom. The molecule has 2 aliphatic rings. The summed E-state index contributed by atoms with van der Waals surface area (Å²) in [6.45, 7) is 8.07. The zero-order valence-electron chi connectivity index (χ0n) is 17.5. The first kappa shape index (κ1) is 26.5. The van der Waals surface area contributed by atoms with Crippen LogP contribution in [-0.4, -0.2) is 80.2 Å². The van der Waals surface area contributed by atoms with Gasteiger partial charge in [0.15, 0.2) is 0 Å².